The van der Waals surface area contributed by atoms with Crippen LogP contribution in [0.3, 0.4) is 0 Å². The lowest BCUT2D eigenvalue weighted by Crippen LogP contribution is -2.30. The number of hydrogen-bond donors (Lipinski definition) is 0. The van der Waals surface area contributed by atoms with Gasteiger partial charge in [0.15, 0.2) is 6.10 Å². The van der Waals surface area contributed by atoms with Crippen molar-refractivity contribution in [3.63, 3.8) is 0 Å². The van der Waals surface area contributed by atoms with Crippen LogP contribution in [0.4, 0.5) is 5.69 Å². The molecule has 0 radical (unpaired) electrons. The highest BCUT2D eigenvalue weighted by atomic mass is 79.9. The molecule has 0 N–H and O–H groups in total. The van der Waals surface area contributed by atoms with E-state index < -0.39 is 12.1 Å². The van der Waals surface area contributed by atoms with Crippen LogP contribution < -0.4 is 9.64 Å². The molecule has 8 nitrogen and oxygen atoms in total. The van der Waals surface area contributed by atoms with Crippen molar-refractivity contribution in [3.8, 4) is 17.0 Å². The van der Waals surface area contributed by atoms with E-state index in [1.807, 2.05) is 49.4 Å². The number of fused-ring (bicyclic) bond motifs is 2. The smallest absolute Gasteiger partial charge is 0.339 e. The van der Waals surface area contributed by atoms with Crippen LogP contribution in [0, 0.1) is 18.8 Å². The van der Waals surface area contributed by atoms with Crippen LogP contribution in [0.25, 0.3) is 22.2 Å². The fourth-order valence-corrected chi connectivity index (χ4v) is 7.51. The zero-order valence-corrected chi connectivity index (χ0v) is 29.3. The van der Waals surface area contributed by atoms with Crippen LogP contribution in [0.1, 0.15) is 64.4 Å². The van der Waals surface area contributed by atoms with E-state index in [0.717, 1.165) is 41.3 Å². The number of benzene rings is 4. The average Bonchev–Trinajstić information content (AvgIpc) is 3.39. The number of hydrogen-bond acceptors (Lipinski definition) is 7. The molecule has 2 fully saturated rings. The van der Waals surface area contributed by atoms with Crippen LogP contribution in [0.5, 0.6) is 5.75 Å². The zero-order chi connectivity index (χ0) is 34.9. The molecule has 50 heavy (non-hydrogen) atoms. The third kappa shape index (κ3) is 6.57. The van der Waals surface area contributed by atoms with Gasteiger partial charge in [-0.3, -0.25) is 19.3 Å². The van der Waals surface area contributed by atoms with Crippen molar-refractivity contribution in [2.24, 2.45) is 11.8 Å². The second-order valence-corrected chi connectivity index (χ2v) is 13.9. The van der Waals surface area contributed by atoms with E-state index in [-0.39, 0.29) is 35.0 Å². The number of esters is 1. The van der Waals surface area contributed by atoms with Crippen molar-refractivity contribution in [1.82, 2.24) is 4.98 Å². The highest BCUT2D eigenvalue weighted by Gasteiger charge is 2.48. The van der Waals surface area contributed by atoms with Gasteiger partial charge in [-0.15, -0.1) is 0 Å². The number of Topliss-reactive ketones (excluding diaryl/α,β-unsaturated/α-hetero) is 1. The lowest BCUT2D eigenvalue weighted by Gasteiger charge is -2.19. The Morgan fingerprint density at radius 2 is 1.54 bits per heavy atom. The molecule has 4 aromatic carbocycles. The van der Waals surface area contributed by atoms with Crippen molar-refractivity contribution in [3.05, 3.63) is 124 Å². The summed E-state index contributed by atoms with van der Waals surface area (Å²) in [5.41, 5.74) is 4.88. The summed E-state index contributed by atoms with van der Waals surface area (Å²) in [4.78, 5) is 59.7. The minimum absolute atomic E-state index is 0.126. The van der Waals surface area contributed by atoms with Gasteiger partial charge in [0.05, 0.1) is 34.3 Å². The largest absolute Gasteiger partial charge is 0.489 e. The van der Waals surface area contributed by atoms with Gasteiger partial charge in [0.1, 0.15) is 12.4 Å². The number of halogens is 1. The Bertz CT molecular complexity index is 2090. The van der Waals surface area contributed by atoms with Gasteiger partial charge in [-0.25, -0.2) is 9.78 Å². The van der Waals surface area contributed by atoms with Crippen molar-refractivity contribution < 1.29 is 28.7 Å². The molecule has 2 amide bonds. The van der Waals surface area contributed by atoms with E-state index >= 15 is 0 Å². The summed E-state index contributed by atoms with van der Waals surface area (Å²) in [5, 5.41) is 0.581. The topological polar surface area (TPSA) is 103 Å². The molecule has 9 heteroatoms. The molecule has 5 aromatic rings. The number of ketones is 1. The van der Waals surface area contributed by atoms with Crippen molar-refractivity contribution in [2.75, 3.05) is 4.90 Å². The second kappa shape index (κ2) is 14.0. The molecule has 0 spiro atoms. The maximum atomic E-state index is 13.8. The monoisotopic (exact) mass is 730 g/mol. The van der Waals surface area contributed by atoms with Gasteiger partial charge < -0.3 is 9.47 Å². The lowest BCUT2D eigenvalue weighted by atomic mass is 9.81. The summed E-state index contributed by atoms with van der Waals surface area (Å²) in [5.74, 6) is -1.10. The van der Waals surface area contributed by atoms with E-state index in [2.05, 4.69) is 15.9 Å². The fraction of sp³-hybridized carbons (Fsp3) is 0.244. The van der Waals surface area contributed by atoms with Gasteiger partial charge in [0.2, 0.25) is 17.6 Å². The number of amides is 2. The summed E-state index contributed by atoms with van der Waals surface area (Å²) in [6.07, 6.45) is 2.37. The van der Waals surface area contributed by atoms with E-state index in [0.29, 0.717) is 45.8 Å². The molecule has 3 atom stereocenters. The van der Waals surface area contributed by atoms with Gasteiger partial charge in [-0.1, -0.05) is 71.2 Å². The minimum atomic E-state index is -1.06. The average molecular weight is 732 g/mol. The summed E-state index contributed by atoms with van der Waals surface area (Å²) >= 11 is 3.53. The highest BCUT2D eigenvalue weighted by Crippen LogP contribution is 2.40. The van der Waals surface area contributed by atoms with Crippen LogP contribution >= 0.6 is 15.9 Å². The summed E-state index contributed by atoms with van der Waals surface area (Å²) in [6.45, 7) is 3.87. The Kier molecular flexibility index (Phi) is 9.33. The van der Waals surface area contributed by atoms with Gasteiger partial charge >= 0.3 is 5.97 Å². The Morgan fingerprint density at radius 1 is 0.880 bits per heavy atom. The standard InChI is InChI=1S/C41H35BrN2O6/c1-24-20-29(42)21-34-35(41(48)50-25(2)38(45)28-14-18-31(19-15-28)49-23-26-8-4-3-5-9-26)22-36(43-37(24)34)27-12-16-30(17-13-27)44-39(46)32-10-6-7-11-33(32)40(44)47/h3-5,8-9,12-22,25,32-33H,6-7,10-11,23H2,1-2H3. The minimum Gasteiger partial charge on any atom is -0.489 e. The quantitative estimate of drug-likeness (QED) is 0.0850. The van der Waals surface area contributed by atoms with Crippen LogP contribution in [0.2, 0.25) is 0 Å². The van der Waals surface area contributed by atoms with E-state index in [1.54, 1.807) is 61.5 Å². The molecule has 1 saturated carbocycles. The van der Waals surface area contributed by atoms with Gasteiger partial charge in [-0.2, -0.15) is 0 Å². The highest BCUT2D eigenvalue weighted by molar-refractivity contribution is 9.10. The molecular weight excluding hydrogens is 696 g/mol. The maximum Gasteiger partial charge on any atom is 0.339 e. The van der Waals surface area contributed by atoms with Gasteiger partial charge in [-0.05, 0) is 92.4 Å². The molecule has 1 aliphatic carbocycles. The number of carbonyl (C=O) groups excluding carboxylic acids is 4. The molecule has 3 unspecified atom stereocenters. The molecule has 7 rings (SSSR count). The number of anilines is 1. The van der Waals surface area contributed by atoms with Crippen molar-refractivity contribution >= 4 is 56.1 Å². The maximum absolute atomic E-state index is 13.8. The first-order chi connectivity index (χ1) is 24.2. The van der Waals surface area contributed by atoms with Crippen molar-refractivity contribution in [2.45, 2.75) is 52.2 Å². The number of nitrogens with zero attached hydrogens (tertiary/aromatic N) is 2. The number of imide groups is 1. The number of ether oxygens (including phenoxy) is 2. The summed E-state index contributed by atoms with van der Waals surface area (Å²) in [6, 6.07) is 29.0. The third-order valence-corrected chi connectivity index (χ3v) is 10.0. The SMILES string of the molecule is Cc1cc(Br)cc2c(C(=O)OC(C)C(=O)c3ccc(OCc4ccccc4)cc3)cc(-c3ccc(N4C(=O)C5CCCCC5C4=O)cc3)nc12. The number of aryl methyl sites for hydroxylation is 1. The lowest BCUT2D eigenvalue weighted by molar-refractivity contribution is -0.122. The number of pyridine rings is 1. The normalized spacial score (nSPS) is 17.8. The molecule has 2 heterocycles. The Morgan fingerprint density at radius 3 is 2.20 bits per heavy atom. The first-order valence-electron chi connectivity index (χ1n) is 16.8. The third-order valence-electron chi connectivity index (χ3n) is 9.59. The zero-order valence-electron chi connectivity index (χ0n) is 27.7. The molecule has 2 aliphatic rings. The Balaban J connectivity index is 1.11. The fourth-order valence-electron chi connectivity index (χ4n) is 6.94. The predicted octanol–water partition coefficient (Wildman–Crippen LogP) is 8.66. The molecule has 252 valence electrons. The Hall–Kier alpha value is -5.15. The predicted molar refractivity (Wildman–Crippen MR) is 194 cm³/mol. The molecule has 1 aromatic heterocycles. The number of carbonyl (C=O) groups is 4. The first kappa shape index (κ1) is 33.4. The molecular formula is C41H35BrN2O6. The van der Waals surface area contributed by atoms with E-state index in [4.69, 9.17) is 14.5 Å². The molecule has 0 bridgehead atoms. The summed E-state index contributed by atoms with van der Waals surface area (Å²) in [7, 11) is 0. The van der Waals surface area contributed by atoms with Gasteiger partial charge in [0.25, 0.3) is 0 Å². The van der Waals surface area contributed by atoms with Gasteiger partial charge in [0, 0.05) is 21.0 Å². The molecule has 1 aliphatic heterocycles. The molecule has 1 saturated heterocycles. The van der Waals surface area contributed by atoms with E-state index in [1.165, 1.54) is 4.90 Å². The Labute approximate surface area is 298 Å². The van der Waals surface area contributed by atoms with Crippen molar-refractivity contribution in [1.29, 1.82) is 0 Å². The number of aromatic nitrogens is 1. The van der Waals surface area contributed by atoms with Crippen LogP contribution in [-0.4, -0.2) is 34.7 Å². The summed E-state index contributed by atoms with van der Waals surface area (Å²) < 4.78 is 12.4. The number of rotatable bonds is 9. The first-order valence-corrected chi connectivity index (χ1v) is 17.6. The van der Waals surface area contributed by atoms with Crippen LogP contribution in [0.15, 0.2) is 102 Å². The van der Waals surface area contributed by atoms with E-state index in [9.17, 15) is 19.2 Å². The van der Waals surface area contributed by atoms with Crippen LogP contribution in [-0.2, 0) is 20.9 Å². The second-order valence-electron chi connectivity index (χ2n) is 12.9.